The van der Waals surface area contributed by atoms with Gasteiger partial charge in [-0.1, -0.05) is 0 Å². The lowest BCUT2D eigenvalue weighted by atomic mass is 10.0. The van der Waals surface area contributed by atoms with E-state index in [-0.39, 0.29) is 12.3 Å². The van der Waals surface area contributed by atoms with Crippen molar-refractivity contribution in [1.29, 1.82) is 0 Å². The van der Waals surface area contributed by atoms with Crippen LogP contribution in [0.25, 0.3) is 0 Å². The molecule has 0 fully saturated rings. The number of nitrogens with one attached hydrogen (secondary N) is 1. The molecule has 1 aromatic carbocycles. The van der Waals surface area contributed by atoms with E-state index in [1.807, 2.05) is 0 Å². The van der Waals surface area contributed by atoms with Gasteiger partial charge in [0.2, 0.25) is 11.8 Å². The first-order chi connectivity index (χ1) is 8.73. The van der Waals surface area contributed by atoms with Gasteiger partial charge in [0.05, 0.1) is 12.8 Å². The van der Waals surface area contributed by atoms with Crippen LogP contribution in [-0.4, -0.2) is 24.5 Å². The van der Waals surface area contributed by atoms with Gasteiger partial charge >= 0.3 is 0 Å². The van der Waals surface area contributed by atoms with Crippen LogP contribution < -0.4 is 21.5 Å². The minimum absolute atomic E-state index is 0.150. The maximum Gasteiger partial charge on any atom is 0.248 e. The molecule has 104 valence electrons. The standard InChI is InChI=1S/C13H19N3O3/c1-13(2,15)7-11(17)16-9-6-8(12(14)18)4-5-10(9)19-3/h4-6H,7,15H2,1-3H3,(H2,14,18)(H,16,17). The Labute approximate surface area is 112 Å². The number of anilines is 1. The fraction of sp³-hybridized carbons (Fsp3) is 0.385. The summed E-state index contributed by atoms with van der Waals surface area (Å²) in [4.78, 5) is 22.9. The van der Waals surface area contributed by atoms with Gasteiger partial charge in [0.1, 0.15) is 5.75 Å². The predicted molar refractivity (Wildman–Crippen MR) is 73.0 cm³/mol. The van der Waals surface area contributed by atoms with E-state index in [0.717, 1.165) is 0 Å². The van der Waals surface area contributed by atoms with Gasteiger partial charge in [-0.05, 0) is 32.0 Å². The molecule has 0 saturated carbocycles. The van der Waals surface area contributed by atoms with Gasteiger partial charge in [0, 0.05) is 17.5 Å². The Kier molecular flexibility index (Phi) is 4.50. The van der Waals surface area contributed by atoms with Crippen molar-refractivity contribution < 1.29 is 14.3 Å². The largest absolute Gasteiger partial charge is 0.495 e. The monoisotopic (exact) mass is 265 g/mol. The fourth-order valence-corrected chi connectivity index (χ4v) is 1.57. The van der Waals surface area contributed by atoms with Crippen molar-refractivity contribution in [2.75, 3.05) is 12.4 Å². The van der Waals surface area contributed by atoms with Gasteiger partial charge in [-0.3, -0.25) is 9.59 Å². The quantitative estimate of drug-likeness (QED) is 0.733. The molecule has 6 heteroatoms. The number of hydrogen-bond acceptors (Lipinski definition) is 4. The smallest absolute Gasteiger partial charge is 0.248 e. The summed E-state index contributed by atoms with van der Waals surface area (Å²) in [5, 5.41) is 2.66. The van der Waals surface area contributed by atoms with Crippen LogP contribution >= 0.6 is 0 Å². The number of hydrogen-bond donors (Lipinski definition) is 3. The zero-order valence-corrected chi connectivity index (χ0v) is 11.3. The lowest BCUT2D eigenvalue weighted by Gasteiger charge is -2.18. The predicted octanol–water partition coefficient (Wildman–Crippen LogP) is 0.860. The molecule has 0 aromatic heterocycles. The van der Waals surface area contributed by atoms with Gasteiger partial charge in [-0.2, -0.15) is 0 Å². The van der Waals surface area contributed by atoms with Crippen LogP contribution in [0.1, 0.15) is 30.6 Å². The number of benzene rings is 1. The van der Waals surface area contributed by atoms with Crippen LogP contribution in [0.15, 0.2) is 18.2 Å². The Bertz CT molecular complexity index is 492. The van der Waals surface area contributed by atoms with Gasteiger partial charge in [0.25, 0.3) is 0 Å². The van der Waals surface area contributed by atoms with Crippen molar-refractivity contribution in [3.8, 4) is 5.75 Å². The number of carbonyl (C=O) groups excluding carboxylic acids is 2. The molecule has 0 aliphatic rings. The molecule has 0 bridgehead atoms. The van der Waals surface area contributed by atoms with Crippen LogP contribution in [0.4, 0.5) is 5.69 Å². The molecule has 0 saturated heterocycles. The van der Waals surface area contributed by atoms with Gasteiger partial charge < -0.3 is 21.5 Å². The van der Waals surface area contributed by atoms with Crippen LogP contribution in [-0.2, 0) is 4.79 Å². The first-order valence-corrected chi connectivity index (χ1v) is 5.79. The van der Waals surface area contributed by atoms with Crippen LogP contribution in [0.3, 0.4) is 0 Å². The van der Waals surface area contributed by atoms with E-state index in [4.69, 9.17) is 16.2 Å². The molecule has 1 aromatic rings. The molecule has 19 heavy (non-hydrogen) atoms. The lowest BCUT2D eigenvalue weighted by molar-refractivity contribution is -0.117. The van der Waals surface area contributed by atoms with E-state index >= 15 is 0 Å². The van der Waals surface area contributed by atoms with Crippen molar-refractivity contribution in [3.63, 3.8) is 0 Å². The highest BCUT2D eigenvalue weighted by atomic mass is 16.5. The Morgan fingerprint density at radius 2 is 2.00 bits per heavy atom. The maximum atomic E-state index is 11.8. The summed E-state index contributed by atoms with van der Waals surface area (Å²) in [6.45, 7) is 3.51. The van der Waals surface area contributed by atoms with E-state index < -0.39 is 11.4 Å². The van der Waals surface area contributed by atoms with Crippen LogP contribution in [0.5, 0.6) is 5.75 Å². The molecule has 0 heterocycles. The van der Waals surface area contributed by atoms with Crippen LogP contribution in [0, 0.1) is 0 Å². The van der Waals surface area contributed by atoms with Crippen molar-refractivity contribution in [1.82, 2.24) is 0 Å². The minimum atomic E-state index is -0.612. The normalized spacial score (nSPS) is 10.9. The molecule has 0 aliphatic heterocycles. The molecule has 0 spiro atoms. The van der Waals surface area contributed by atoms with Crippen LogP contribution in [0.2, 0.25) is 0 Å². The second-order valence-corrected chi connectivity index (χ2v) is 4.99. The van der Waals surface area contributed by atoms with E-state index in [1.165, 1.54) is 19.2 Å². The zero-order chi connectivity index (χ0) is 14.6. The summed E-state index contributed by atoms with van der Waals surface area (Å²) in [6.07, 6.45) is 0.150. The second kappa shape index (κ2) is 5.71. The number of rotatable bonds is 5. The topological polar surface area (TPSA) is 107 Å². The number of methoxy groups -OCH3 is 1. The van der Waals surface area contributed by atoms with Gasteiger partial charge in [-0.15, -0.1) is 0 Å². The Hall–Kier alpha value is -2.08. The molecule has 0 atom stereocenters. The van der Waals surface area contributed by atoms with E-state index in [1.54, 1.807) is 19.9 Å². The number of amides is 2. The highest BCUT2D eigenvalue weighted by Gasteiger charge is 2.18. The molecule has 0 aliphatic carbocycles. The molecule has 2 amide bonds. The van der Waals surface area contributed by atoms with Crippen molar-refractivity contribution in [3.05, 3.63) is 23.8 Å². The third-order valence-corrected chi connectivity index (χ3v) is 2.37. The first-order valence-electron chi connectivity index (χ1n) is 5.79. The first kappa shape index (κ1) is 15.0. The summed E-state index contributed by atoms with van der Waals surface area (Å²) < 4.78 is 5.11. The summed E-state index contributed by atoms with van der Waals surface area (Å²) in [6, 6.07) is 4.58. The summed E-state index contributed by atoms with van der Waals surface area (Å²) >= 11 is 0. The number of carbonyl (C=O) groups is 2. The highest BCUT2D eigenvalue weighted by Crippen LogP contribution is 2.25. The SMILES string of the molecule is COc1ccc(C(N)=O)cc1NC(=O)CC(C)(C)N. The van der Waals surface area contributed by atoms with E-state index in [9.17, 15) is 9.59 Å². The fourth-order valence-electron chi connectivity index (χ4n) is 1.57. The van der Waals surface area contributed by atoms with Crippen molar-refractivity contribution in [2.24, 2.45) is 11.5 Å². The summed E-state index contributed by atoms with van der Waals surface area (Å²) in [5.41, 5.74) is 11.0. The zero-order valence-electron chi connectivity index (χ0n) is 11.3. The third kappa shape index (κ3) is 4.59. The number of primary amides is 1. The molecule has 6 nitrogen and oxygen atoms in total. The number of ether oxygens (including phenoxy) is 1. The Balaban J connectivity index is 2.95. The average molecular weight is 265 g/mol. The van der Waals surface area contributed by atoms with Crippen molar-refractivity contribution in [2.45, 2.75) is 25.8 Å². The molecule has 5 N–H and O–H groups in total. The van der Waals surface area contributed by atoms with Crippen molar-refractivity contribution >= 4 is 17.5 Å². The van der Waals surface area contributed by atoms with Gasteiger partial charge in [-0.25, -0.2) is 0 Å². The molecular weight excluding hydrogens is 246 g/mol. The molecule has 1 rings (SSSR count). The highest BCUT2D eigenvalue weighted by molar-refractivity contribution is 5.97. The maximum absolute atomic E-state index is 11.8. The Morgan fingerprint density at radius 3 is 2.47 bits per heavy atom. The molecular formula is C13H19N3O3. The summed E-state index contributed by atoms with van der Waals surface area (Å²) in [7, 11) is 1.47. The number of nitrogens with two attached hydrogens (primary N) is 2. The molecule has 0 unspecified atom stereocenters. The minimum Gasteiger partial charge on any atom is -0.495 e. The van der Waals surface area contributed by atoms with E-state index in [0.29, 0.717) is 17.0 Å². The third-order valence-electron chi connectivity index (χ3n) is 2.37. The summed E-state index contributed by atoms with van der Waals surface area (Å²) in [5.74, 6) is -0.377. The van der Waals surface area contributed by atoms with Gasteiger partial charge in [0.15, 0.2) is 0 Å². The molecule has 0 radical (unpaired) electrons. The second-order valence-electron chi connectivity index (χ2n) is 4.99. The lowest BCUT2D eigenvalue weighted by Crippen LogP contribution is -2.36. The van der Waals surface area contributed by atoms with E-state index in [2.05, 4.69) is 5.32 Å². The average Bonchev–Trinajstić information content (AvgIpc) is 2.26. The Morgan fingerprint density at radius 1 is 1.37 bits per heavy atom.